The van der Waals surface area contributed by atoms with Crippen molar-refractivity contribution >= 4 is 15.5 Å². The highest BCUT2D eigenvalue weighted by Crippen LogP contribution is 2.11. The first-order valence-corrected chi connectivity index (χ1v) is 6.34. The number of hydrogen-bond donors (Lipinski definition) is 1. The summed E-state index contributed by atoms with van der Waals surface area (Å²) in [6, 6.07) is 1.07. The van der Waals surface area contributed by atoms with Crippen LogP contribution >= 0.6 is 0 Å². The Morgan fingerprint density at radius 1 is 1.40 bits per heavy atom. The van der Waals surface area contributed by atoms with Crippen LogP contribution in [0.5, 0.6) is 0 Å². The van der Waals surface area contributed by atoms with Crippen molar-refractivity contribution in [2.24, 2.45) is 0 Å². The van der Waals surface area contributed by atoms with Crippen LogP contribution in [0.1, 0.15) is 19.9 Å². The van der Waals surface area contributed by atoms with Gasteiger partial charge in [0.25, 0.3) is 5.56 Å². The summed E-state index contributed by atoms with van der Waals surface area (Å²) in [6.07, 6.45) is 2.44. The van der Waals surface area contributed by atoms with Crippen molar-refractivity contribution in [1.82, 2.24) is 4.57 Å². The number of hydrogen-bond acceptors (Lipinski definition) is 4. The second kappa shape index (κ2) is 3.69. The van der Waals surface area contributed by atoms with E-state index in [1.165, 1.54) is 16.8 Å². The molecule has 15 heavy (non-hydrogen) atoms. The normalized spacial score (nSPS) is 12.0. The summed E-state index contributed by atoms with van der Waals surface area (Å²) in [5.41, 5.74) is 5.28. The summed E-state index contributed by atoms with van der Waals surface area (Å²) in [4.78, 5) is 11.5. The molecular weight excluding hydrogens is 216 g/mol. The number of nitrogens with two attached hydrogens (primary N) is 1. The lowest BCUT2D eigenvalue weighted by Gasteiger charge is -2.11. The first kappa shape index (κ1) is 11.8. The third kappa shape index (κ3) is 2.38. The van der Waals surface area contributed by atoms with Crippen molar-refractivity contribution in [2.75, 3.05) is 12.0 Å². The number of nitrogen functional groups attached to an aromatic ring is 1. The van der Waals surface area contributed by atoms with Crippen molar-refractivity contribution < 1.29 is 8.42 Å². The van der Waals surface area contributed by atoms with Crippen molar-refractivity contribution in [2.45, 2.75) is 24.8 Å². The Bertz CT molecular complexity index is 529. The molecule has 1 aromatic rings. The Morgan fingerprint density at radius 2 is 1.93 bits per heavy atom. The van der Waals surface area contributed by atoms with Gasteiger partial charge >= 0.3 is 0 Å². The molecule has 0 spiro atoms. The summed E-state index contributed by atoms with van der Waals surface area (Å²) >= 11 is 0. The van der Waals surface area contributed by atoms with Crippen molar-refractivity contribution in [1.29, 1.82) is 0 Å². The van der Waals surface area contributed by atoms with E-state index in [2.05, 4.69) is 0 Å². The first-order valence-electron chi connectivity index (χ1n) is 4.45. The van der Waals surface area contributed by atoms with E-state index in [0.29, 0.717) is 0 Å². The molecule has 2 N–H and O–H groups in total. The van der Waals surface area contributed by atoms with Gasteiger partial charge in [-0.2, -0.15) is 0 Å². The molecule has 0 saturated carbocycles. The molecule has 0 aliphatic rings. The van der Waals surface area contributed by atoms with Crippen LogP contribution in [0.25, 0.3) is 0 Å². The lowest BCUT2D eigenvalue weighted by Crippen LogP contribution is -2.27. The van der Waals surface area contributed by atoms with E-state index in [4.69, 9.17) is 5.73 Å². The molecule has 1 rings (SSSR count). The van der Waals surface area contributed by atoms with Crippen molar-refractivity contribution in [3.8, 4) is 0 Å². The number of aromatic nitrogens is 1. The van der Waals surface area contributed by atoms with E-state index < -0.39 is 15.4 Å². The maximum absolute atomic E-state index is 11.7. The molecule has 0 amide bonds. The average Bonchev–Trinajstić information content (AvgIpc) is 2.06. The molecule has 1 heterocycles. The molecule has 0 aromatic carbocycles. The summed E-state index contributed by atoms with van der Waals surface area (Å²) in [6.45, 7) is 3.57. The zero-order valence-electron chi connectivity index (χ0n) is 8.89. The molecule has 0 aliphatic carbocycles. The molecule has 0 atom stereocenters. The largest absolute Gasteiger partial charge is 0.398 e. The van der Waals surface area contributed by atoms with E-state index in [0.717, 1.165) is 6.26 Å². The molecule has 0 fully saturated rings. The van der Waals surface area contributed by atoms with Gasteiger partial charge < -0.3 is 10.3 Å². The van der Waals surface area contributed by atoms with E-state index >= 15 is 0 Å². The highest BCUT2D eigenvalue weighted by atomic mass is 32.2. The fourth-order valence-electron chi connectivity index (χ4n) is 1.25. The zero-order valence-corrected chi connectivity index (χ0v) is 9.71. The maximum Gasteiger partial charge on any atom is 0.269 e. The monoisotopic (exact) mass is 230 g/mol. The molecule has 0 aliphatic heterocycles. The standard InChI is InChI=1S/C9H14N2O3S/c1-6(2)11-5-7(10)4-8(9(11)12)15(3,13)14/h4-6H,10H2,1-3H3. The van der Waals surface area contributed by atoms with Gasteiger partial charge in [-0.15, -0.1) is 0 Å². The van der Waals surface area contributed by atoms with Crippen LogP contribution in [0.15, 0.2) is 22.0 Å². The van der Waals surface area contributed by atoms with Gasteiger partial charge in [0.2, 0.25) is 0 Å². The maximum atomic E-state index is 11.7. The second-order valence-electron chi connectivity index (χ2n) is 3.72. The van der Waals surface area contributed by atoms with E-state index in [-0.39, 0.29) is 16.6 Å². The number of anilines is 1. The van der Waals surface area contributed by atoms with Gasteiger partial charge in [-0.3, -0.25) is 4.79 Å². The van der Waals surface area contributed by atoms with Gasteiger partial charge in [0.15, 0.2) is 9.84 Å². The number of sulfone groups is 1. The average molecular weight is 230 g/mol. The van der Waals surface area contributed by atoms with Crippen LogP contribution in [0.4, 0.5) is 5.69 Å². The van der Waals surface area contributed by atoms with Crippen LogP contribution in [0, 0.1) is 0 Å². The fraction of sp³-hybridized carbons (Fsp3) is 0.444. The zero-order chi connectivity index (χ0) is 11.8. The number of pyridine rings is 1. The summed E-state index contributed by atoms with van der Waals surface area (Å²) in [5.74, 6) is 0. The summed E-state index contributed by atoms with van der Waals surface area (Å²) < 4.78 is 23.9. The Labute approximate surface area is 88.4 Å². The minimum atomic E-state index is -3.53. The predicted molar refractivity (Wildman–Crippen MR) is 58.6 cm³/mol. The molecule has 1 aromatic heterocycles. The van der Waals surface area contributed by atoms with E-state index in [9.17, 15) is 13.2 Å². The molecule has 0 bridgehead atoms. The first-order chi connectivity index (χ1) is 6.73. The molecule has 6 heteroatoms. The third-order valence-corrected chi connectivity index (χ3v) is 3.08. The van der Waals surface area contributed by atoms with E-state index in [1.54, 1.807) is 13.8 Å². The van der Waals surface area contributed by atoms with E-state index in [1.807, 2.05) is 0 Å². The van der Waals surface area contributed by atoms with Gasteiger partial charge in [-0.05, 0) is 19.9 Å². The SMILES string of the molecule is CC(C)n1cc(N)cc(S(C)(=O)=O)c1=O. The number of nitrogens with zero attached hydrogens (tertiary/aromatic N) is 1. The Balaban J connectivity index is 3.64. The van der Waals surface area contributed by atoms with Crippen LogP contribution in [-0.2, 0) is 9.84 Å². The van der Waals surface area contributed by atoms with Crippen LogP contribution in [0.2, 0.25) is 0 Å². The molecular formula is C9H14N2O3S. The smallest absolute Gasteiger partial charge is 0.269 e. The molecule has 0 radical (unpaired) electrons. The van der Waals surface area contributed by atoms with Crippen LogP contribution in [-0.4, -0.2) is 19.2 Å². The van der Waals surface area contributed by atoms with Crippen molar-refractivity contribution in [3.63, 3.8) is 0 Å². The van der Waals surface area contributed by atoms with Gasteiger partial charge in [-0.25, -0.2) is 8.42 Å². The summed E-state index contributed by atoms with van der Waals surface area (Å²) in [5, 5.41) is 0. The van der Waals surface area contributed by atoms with Crippen molar-refractivity contribution in [3.05, 3.63) is 22.6 Å². The Kier molecular flexibility index (Phi) is 2.90. The van der Waals surface area contributed by atoms with Gasteiger partial charge in [0, 0.05) is 24.2 Å². The Hall–Kier alpha value is -1.30. The van der Waals surface area contributed by atoms with Gasteiger partial charge in [-0.1, -0.05) is 0 Å². The predicted octanol–water partition coefficient (Wildman–Crippen LogP) is 0.415. The lowest BCUT2D eigenvalue weighted by atomic mass is 10.3. The van der Waals surface area contributed by atoms with Crippen LogP contribution < -0.4 is 11.3 Å². The van der Waals surface area contributed by atoms with Gasteiger partial charge in [0.05, 0.1) is 0 Å². The topological polar surface area (TPSA) is 82.2 Å². The van der Waals surface area contributed by atoms with Gasteiger partial charge in [0.1, 0.15) is 4.90 Å². The fourth-order valence-corrected chi connectivity index (χ4v) is 2.02. The number of rotatable bonds is 2. The minimum Gasteiger partial charge on any atom is -0.398 e. The lowest BCUT2D eigenvalue weighted by molar-refractivity contribution is 0.562. The molecule has 5 nitrogen and oxygen atoms in total. The van der Waals surface area contributed by atoms with Crippen LogP contribution in [0.3, 0.4) is 0 Å². The molecule has 84 valence electrons. The summed E-state index contributed by atoms with van der Waals surface area (Å²) in [7, 11) is -3.53. The highest BCUT2D eigenvalue weighted by molar-refractivity contribution is 7.90. The Morgan fingerprint density at radius 3 is 2.33 bits per heavy atom. The minimum absolute atomic E-state index is 0.124. The third-order valence-electron chi connectivity index (χ3n) is 1.99. The molecule has 0 saturated heterocycles. The molecule has 0 unspecified atom stereocenters. The highest BCUT2D eigenvalue weighted by Gasteiger charge is 2.16. The second-order valence-corrected chi connectivity index (χ2v) is 5.70. The quantitative estimate of drug-likeness (QED) is 0.798.